The second-order valence-electron chi connectivity index (χ2n) is 11.6. The third-order valence-corrected chi connectivity index (χ3v) is 9.40. The first-order valence-electron chi connectivity index (χ1n) is 15.4. The fourth-order valence-corrected chi connectivity index (χ4v) is 6.90. The van der Waals surface area contributed by atoms with Crippen LogP contribution in [0.15, 0.2) is 12.1 Å². The topological polar surface area (TPSA) is 75.7 Å². The van der Waals surface area contributed by atoms with E-state index in [-0.39, 0.29) is 18.0 Å². The molecule has 3 heterocycles. The van der Waals surface area contributed by atoms with E-state index in [1.807, 2.05) is 11.9 Å². The van der Waals surface area contributed by atoms with Gasteiger partial charge in [0.2, 0.25) is 0 Å². The van der Waals surface area contributed by atoms with Crippen LogP contribution < -0.4 is 14.7 Å². The van der Waals surface area contributed by atoms with Crippen molar-refractivity contribution >= 4 is 46.2 Å². The molecule has 2 aliphatic heterocycles. The van der Waals surface area contributed by atoms with E-state index >= 15 is 0 Å². The number of anilines is 3. The Hall–Kier alpha value is -2.50. The summed E-state index contributed by atoms with van der Waals surface area (Å²) < 4.78 is 0. The van der Waals surface area contributed by atoms with Gasteiger partial charge in [0.1, 0.15) is 11.6 Å². The third-order valence-electron chi connectivity index (χ3n) is 8.86. The number of nitrogens with zero attached hydrogens (tertiary/aromatic N) is 7. The van der Waals surface area contributed by atoms with Gasteiger partial charge in [-0.15, -0.1) is 0 Å². The molecule has 41 heavy (non-hydrogen) atoms. The smallest absolute Gasteiger partial charge is 0.187 e. The number of ketones is 2. The zero-order valence-corrected chi connectivity index (χ0v) is 26.9. The molecule has 0 bridgehead atoms. The number of rotatable bonds is 11. The number of hydrogen-bond donors (Lipinski definition) is 0. The van der Waals surface area contributed by atoms with Crippen molar-refractivity contribution in [1.82, 2.24) is 19.8 Å². The van der Waals surface area contributed by atoms with Crippen LogP contribution in [0.4, 0.5) is 17.3 Å². The van der Waals surface area contributed by atoms with Gasteiger partial charge in [0.25, 0.3) is 0 Å². The second-order valence-corrected chi connectivity index (χ2v) is 12.0. The van der Waals surface area contributed by atoms with Gasteiger partial charge in [-0.2, -0.15) is 5.06 Å². The third kappa shape index (κ3) is 5.77. The van der Waals surface area contributed by atoms with Gasteiger partial charge in [0.05, 0.1) is 24.6 Å². The summed E-state index contributed by atoms with van der Waals surface area (Å²) in [6.07, 6.45) is 0.543. The van der Waals surface area contributed by atoms with Crippen molar-refractivity contribution < 1.29 is 14.4 Å². The Labute approximate surface area is 251 Å². The van der Waals surface area contributed by atoms with Crippen molar-refractivity contribution in [2.24, 2.45) is 11.8 Å². The van der Waals surface area contributed by atoms with Gasteiger partial charge in [0.15, 0.2) is 22.4 Å². The van der Waals surface area contributed by atoms with E-state index in [0.29, 0.717) is 43.7 Å². The van der Waals surface area contributed by atoms with Crippen molar-refractivity contribution in [2.45, 2.75) is 60.0 Å². The molecule has 1 aromatic rings. The number of Topliss-reactive ketones (excluding diaryl/α,β-unsaturated/α-hetero) is 2. The largest absolute Gasteiger partial charge is 0.369 e. The molecule has 0 radical (unpaired) electrons. The fourth-order valence-electron chi connectivity index (χ4n) is 6.58. The maximum Gasteiger partial charge on any atom is 0.187 e. The van der Waals surface area contributed by atoms with Gasteiger partial charge in [-0.3, -0.25) is 14.4 Å². The van der Waals surface area contributed by atoms with E-state index in [4.69, 9.17) is 22.0 Å². The van der Waals surface area contributed by atoms with Gasteiger partial charge >= 0.3 is 0 Å². The quantitative estimate of drug-likeness (QED) is 0.283. The normalized spacial score (nSPS) is 23.0. The van der Waals surface area contributed by atoms with Crippen molar-refractivity contribution in [3.05, 3.63) is 12.1 Å². The van der Waals surface area contributed by atoms with Crippen LogP contribution in [-0.4, -0.2) is 115 Å². The van der Waals surface area contributed by atoms with Gasteiger partial charge in [0, 0.05) is 66.0 Å². The molecule has 0 spiro atoms. The molecule has 1 aromatic heterocycles. The van der Waals surface area contributed by atoms with Crippen molar-refractivity contribution in [3.8, 4) is 0 Å². The highest BCUT2D eigenvalue weighted by Crippen LogP contribution is 2.45. The molecule has 11 heteroatoms. The number of carbonyl (C=O) groups is 2. The standard InChI is InChI=1S/C30H49N7O3S/c1-8-33(9-2)24-12-13-27(34(10-3)11-4)31-28(24)35-16-18-36(19-17-35)29(41)32(7)30-23(25(38)20-26(30)39)14-15-37(30)40-21-22(5)6/h12-13,22-23H,8-11,14-21H2,1-7H3. The molecular weight excluding hydrogens is 538 g/mol. The molecular formula is C30H49N7O3S. The predicted octanol–water partition coefficient (Wildman–Crippen LogP) is 3.26. The Morgan fingerprint density at radius 2 is 1.66 bits per heavy atom. The summed E-state index contributed by atoms with van der Waals surface area (Å²) >= 11 is 6.04. The highest BCUT2D eigenvalue weighted by atomic mass is 32.1. The van der Waals surface area contributed by atoms with Crippen LogP contribution >= 0.6 is 12.2 Å². The highest BCUT2D eigenvalue weighted by Gasteiger charge is 2.65. The molecule has 4 rings (SSSR count). The number of piperazine rings is 1. The first kappa shape index (κ1) is 31.4. The Morgan fingerprint density at radius 1 is 1.02 bits per heavy atom. The van der Waals surface area contributed by atoms with Crippen LogP contribution in [0.2, 0.25) is 0 Å². The molecule has 0 aromatic carbocycles. The summed E-state index contributed by atoms with van der Waals surface area (Å²) in [5.41, 5.74) is -0.00444. The molecule has 1 saturated carbocycles. The Kier molecular flexibility index (Phi) is 10.1. The number of thiocarbonyl (C=S) groups is 1. The summed E-state index contributed by atoms with van der Waals surface area (Å²) in [5.74, 6) is 1.77. The van der Waals surface area contributed by atoms with E-state index in [1.165, 1.54) is 0 Å². The Morgan fingerprint density at radius 3 is 2.24 bits per heavy atom. The SMILES string of the molecule is CCN(CC)c1ccc(N(CC)CC)c(N2CCN(C(=S)N(C)C34C(=O)CC(=O)C3CCN4OCC(C)C)CC2)n1. The number of carbonyl (C=O) groups excluding carboxylic acids is 2. The van der Waals surface area contributed by atoms with Crippen LogP contribution in [0, 0.1) is 11.8 Å². The molecule has 3 aliphatic rings. The molecule has 228 valence electrons. The van der Waals surface area contributed by atoms with E-state index in [0.717, 1.165) is 56.6 Å². The maximum absolute atomic E-state index is 13.5. The van der Waals surface area contributed by atoms with E-state index in [1.54, 1.807) is 5.06 Å². The number of pyridine rings is 1. The van der Waals surface area contributed by atoms with Gasteiger partial charge < -0.3 is 24.5 Å². The molecule has 2 unspecified atom stereocenters. The summed E-state index contributed by atoms with van der Waals surface area (Å²) in [6.45, 7) is 20.4. The Balaban J connectivity index is 1.54. The monoisotopic (exact) mass is 587 g/mol. The molecule has 0 amide bonds. The van der Waals surface area contributed by atoms with E-state index < -0.39 is 11.6 Å². The molecule has 0 N–H and O–H groups in total. The summed E-state index contributed by atoms with van der Waals surface area (Å²) in [4.78, 5) is 48.8. The van der Waals surface area contributed by atoms with Gasteiger partial charge in [-0.25, -0.2) is 4.98 Å². The van der Waals surface area contributed by atoms with Gasteiger partial charge in [-0.1, -0.05) is 13.8 Å². The van der Waals surface area contributed by atoms with Crippen LogP contribution in [0.5, 0.6) is 0 Å². The maximum atomic E-state index is 13.5. The lowest BCUT2D eigenvalue weighted by molar-refractivity contribution is -0.235. The number of likely N-dealkylation sites (N-methyl/N-ethyl adjacent to an activating group) is 1. The van der Waals surface area contributed by atoms with Crippen molar-refractivity contribution in [1.29, 1.82) is 0 Å². The van der Waals surface area contributed by atoms with Crippen molar-refractivity contribution in [3.63, 3.8) is 0 Å². The van der Waals surface area contributed by atoms with Crippen molar-refractivity contribution in [2.75, 3.05) is 87.3 Å². The predicted molar refractivity (Wildman–Crippen MR) is 168 cm³/mol. The minimum atomic E-state index is -1.16. The first-order chi connectivity index (χ1) is 19.6. The lowest BCUT2D eigenvalue weighted by atomic mass is 9.95. The lowest BCUT2D eigenvalue weighted by Gasteiger charge is -2.47. The number of hydrogen-bond acceptors (Lipinski definition) is 9. The molecule has 2 atom stereocenters. The first-order valence-corrected chi connectivity index (χ1v) is 15.8. The average Bonchev–Trinajstić information content (AvgIpc) is 3.48. The fraction of sp³-hybridized carbons (Fsp3) is 0.733. The zero-order valence-electron chi connectivity index (χ0n) is 26.1. The summed E-state index contributed by atoms with van der Waals surface area (Å²) in [5, 5.41) is 2.35. The molecule has 3 fully saturated rings. The molecule has 10 nitrogen and oxygen atoms in total. The van der Waals surface area contributed by atoms with Gasteiger partial charge in [-0.05, 0) is 64.4 Å². The van der Waals surface area contributed by atoms with Crippen LogP contribution in [0.3, 0.4) is 0 Å². The summed E-state index contributed by atoms with van der Waals surface area (Å²) in [7, 11) is 1.86. The van der Waals surface area contributed by atoms with Crippen LogP contribution in [0.25, 0.3) is 0 Å². The zero-order chi connectivity index (χ0) is 29.9. The van der Waals surface area contributed by atoms with E-state index in [2.05, 4.69) is 73.3 Å². The van der Waals surface area contributed by atoms with Crippen LogP contribution in [-0.2, 0) is 14.4 Å². The summed E-state index contributed by atoms with van der Waals surface area (Å²) in [6, 6.07) is 4.34. The molecule has 2 saturated heterocycles. The minimum absolute atomic E-state index is 0.00629. The van der Waals surface area contributed by atoms with E-state index in [9.17, 15) is 9.59 Å². The second kappa shape index (κ2) is 13.2. The molecule has 1 aliphatic carbocycles. The van der Waals surface area contributed by atoms with Crippen LogP contribution in [0.1, 0.15) is 54.4 Å². The minimum Gasteiger partial charge on any atom is -0.369 e. The Bertz CT molecular complexity index is 1100. The number of fused-ring (bicyclic) bond motifs is 1. The number of hydroxylamine groups is 2. The number of aromatic nitrogens is 1. The average molecular weight is 588 g/mol. The highest BCUT2D eigenvalue weighted by molar-refractivity contribution is 7.80. The lowest BCUT2D eigenvalue weighted by Crippen LogP contribution is -2.66.